The third kappa shape index (κ3) is 6.12. The minimum absolute atomic E-state index is 0.930. The molecule has 0 saturated heterocycles. The number of nitrogens with one attached hydrogen (secondary N) is 1. The number of rotatable bonds is 3. The van der Waals surface area contributed by atoms with E-state index in [1.807, 2.05) is 0 Å². The van der Waals surface area contributed by atoms with Gasteiger partial charge in [0.2, 0.25) is 0 Å². The molecule has 3 heteroatoms. The van der Waals surface area contributed by atoms with E-state index in [0.29, 0.717) is 0 Å². The molecule has 0 spiro atoms. The van der Waals surface area contributed by atoms with Crippen LogP contribution in [0.4, 0.5) is 0 Å². The molecule has 9 heavy (non-hydrogen) atoms. The normalized spacial score (nSPS) is 9.11. The molecule has 0 atom stereocenters. The zero-order valence-corrected chi connectivity index (χ0v) is 7.57. The standard InChI is InChI=1S/C6H13NS2/c1-3-5-7-6(8)9-4-2/h3-5H2,1-2H3,(H,7,8). The van der Waals surface area contributed by atoms with Crippen molar-refractivity contribution in [2.24, 2.45) is 0 Å². The summed E-state index contributed by atoms with van der Waals surface area (Å²) >= 11 is 6.66. The van der Waals surface area contributed by atoms with Crippen LogP contribution < -0.4 is 5.32 Å². The summed E-state index contributed by atoms with van der Waals surface area (Å²) in [4.78, 5) is 0. The second-order valence-corrected chi connectivity index (χ2v) is 3.59. The molecule has 0 aromatic carbocycles. The lowest BCUT2D eigenvalue weighted by molar-refractivity contribution is 0.854. The van der Waals surface area contributed by atoms with E-state index in [9.17, 15) is 0 Å². The highest BCUT2D eigenvalue weighted by Crippen LogP contribution is 1.99. The molecular formula is C6H13NS2. The highest BCUT2D eigenvalue weighted by Gasteiger charge is 1.90. The topological polar surface area (TPSA) is 12.0 Å². The Kier molecular flexibility index (Phi) is 6.53. The van der Waals surface area contributed by atoms with Gasteiger partial charge in [0.15, 0.2) is 0 Å². The Balaban J connectivity index is 3.06. The lowest BCUT2D eigenvalue weighted by atomic mass is 10.5. The monoisotopic (exact) mass is 163 g/mol. The third-order valence-electron chi connectivity index (χ3n) is 0.795. The fourth-order valence-electron chi connectivity index (χ4n) is 0.409. The Morgan fingerprint density at radius 3 is 2.67 bits per heavy atom. The first kappa shape index (κ1) is 9.24. The van der Waals surface area contributed by atoms with Crippen molar-refractivity contribution in [1.82, 2.24) is 5.32 Å². The van der Waals surface area contributed by atoms with Crippen LogP contribution >= 0.6 is 24.0 Å². The first-order valence-corrected chi connectivity index (χ1v) is 4.61. The number of hydrogen-bond donors (Lipinski definition) is 1. The molecule has 0 aliphatic heterocycles. The van der Waals surface area contributed by atoms with Crippen LogP contribution in [-0.2, 0) is 0 Å². The minimum Gasteiger partial charge on any atom is -0.371 e. The number of hydrogen-bond acceptors (Lipinski definition) is 2. The molecule has 0 aromatic heterocycles. The average molecular weight is 163 g/mol. The molecule has 0 aliphatic rings. The van der Waals surface area contributed by atoms with Gasteiger partial charge in [-0.25, -0.2) is 0 Å². The van der Waals surface area contributed by atoms with Gasteiger partial charge in [0.25, 0.3) is 0 Å². The largest absolute Gasteiger partial charge is 0.371 e. The molecule has 0 aromatic rings. The Bertz CT molecular complexity index is 83.1. The molecule has 0 bridgehead atoms. The number of thiocarbonyl (C=S) groups is 1. The molecule has 0 heterocycles. The Morgan fingerprint density at radius 2 is 2.22 bits per heavy atom. The second-order valence-electron chi connectivity index (χ2n) is 1.65. The fourth-order valence-corrected chi connectivity index (χ4v) is 1.33. The quantitative estimate of drug-likeness (QED) is 0.639. The van der Waals surface area contributed by atoms with Gasteiger partial charge in [0.1, 0.15) is 4.32 Å². The van der Waals surface area contributed by atoms with Gasteiger partial charge < -0.3 is 5.32 Å². The van der Waals surface area contributed by atoms with Crippen LogP contribution in [0.1, 0.15) is 20.3 Å². The van der Waals surface area contributed by atoms with Gasteiger partial charge in [0.05, 0.1) is 0 Å². The van der Waals surface area contributed by atoms with E-state index in [4.69, 9.17) is 12.2 Å². The third-order valence-corrected chi connectivity index (χ3v) is 1.99. The maximum absolute atomic E-state index is 4.97. The summed E-state index contributed by atoms with van der Waals surface area (Å²) in [6.45, 7) is 5.24. The Morgan fingerprint density at radius 1 is 1.56 bits per heavy atom. The van der Waals surface area contributed by atoms with Gasteiger partial charge in [-0.3, -0.25) is 0 Å². The van der Waals surface area contributed by atoms with Crippen LogP contribution in [0.15, 0.2) is 0 Å². The van der Waals surface area contributed by atoms with Crippen LogP contribution in [0, 0.1) is 0 Å². The summed E-state index contributed by atoms with van der Waals surface area (Å²) in [5, 5.41) is 3.13. The van der Waals surface area contributed by atoms with Gasteiger partial charge in [0, 0.05) is 6.54 Å². The summed E-state index contributed by atoms with van der Waals surface area (Å²) in [5.41, 5.74) is 0. The van der Waals surface area contributed by atoms with E-state index in [1.165, 1.54) is 0 Å². The van der Waals surface area contributed by atoms with Crippen molar-refractivity contribution in [2.45, 2.75) is 20.3 Å². The Labute approximate surface area is 66.6 Å². The van der Waals surface area contributed by atoms with Gasteiger partial charge in [-0.2, -0.15) is 0 Å². The van der Waals surface area contributed by atoms with E-state index in [1.54, 1.807) is 11.8 Å². The number of thioether (sulfide) groups is 1. The predicted octanol–water partition coefficient (Wildman–Crippen LogP) is 2.02. The zero-order valence-electron chi connectivity index (χ0n) is 5.94. The highest BCUT2D eigenvalue weighted by molar-refractivity contribution is 8.22. The maximum Gasteiger partial charge on any atom is 0.133 e. The lowest BCUT2D eigenvalue weighted by Gasteiger charge is -2.02. The second kappa shape index (κ2) is 6.36. The smallest absolute Gasteiger partial charge is 0.133 e. The van der Waals surface area contributed by atoms with E-state index >= 15 is 0 Å². The van der Waals surface area contributed by atoms with Crippen molar-refractivity contribution >= 4 is 28.3 Å². The summed E-state index contributed by atoms with van der Waals surface area (Å²) in [6, 6.07) is 0. The zero-order chi connectivity index (χ0) is 7.11. The van der Waals surface area contributed by atoms with E-state index in [0.717, 1.165) is 23.0 Å². The first-order valence-electron chi connectivity index (χ1n) is 3.21. The molecule has 0 radical (unpaired) electrons. The van der Waals surface area contributed by atoms with Crippen LogP contribution in [0.3, 0.4) is 0 Å². The van der Waals surface area contributed by atoms with Crippen molar-refractivity contribution in [1.29, 1.82) is 0 Å². The van der Waals surface area contributed by atoms with Crippen molar-refractivity contribution in [2.75, 3.05) is 12.3 Å². The summed E-state index contributed by atoms with van der Waals surface area (Å²) in [6.07, 6.45) is 1.14. The predicted molar refractivity (Wildman–Crippen MR) is 49.0 cm³/mol. The molecule has 0 saturated carbocycles. The summed E-state index contributed by atoms with van der Waals surface area (Å²) in [5.74, 6) is 1.07. The van der Waals surface area contributed by atoms with Crippen LogP contribution in [0.5, 0.6) is 0 Å². The maximum atomic E-state index is 4.97. The molecular weight excluding hydrogens is 150 g/mol. The van der Waals surface area contributed by atoms with E-state index in [2.05, 4.69) is 19.2 Å². The minimum atomic E-state index is 0.930. The molecule has 0 rings (SSSR count). The lowest BCUT2D eigenvalue weighted by Crippen LogP contribution is -2.18. The molecule has 0 fully saturated rings. The van der Waals surface area contributed by atoms with Gasteiger partial charge in [-0.15, -0.1) is 0 Å². The summed E-state index contributed by atoms with van der Waals surface area (Å²) in [7, 11) is 0. The molecule has 0 aliphatic carbocycles. The molecule has 0 unspecified atom stereocenters. The van der Waals surface area contributed by atoms with Crippen molar-refractivity contribution < 1.29 is 0 Å². The van der Waals surface area contributed by atoms with Gasteiger partial charge >= 0.3 is 0 Å². The van der Waals surface area contributed by atoms with Crippen LogP contribution in [-0.4, -0.2) is 16.6 Å². The van der Waals surface area contributed by atoms with Crippen molar-refractivity contribution in [3.8, 4) is 0 Å². The molecule has 1 nitrogen and oxygen atoms in total. The van der Waals surface area contributed by atoms with Gasteiger partial charge in [-0.05, 0) is 12.2 Å². The van der Waals surface area contributed by atoms with Crippen molar-refractivity contribution in [3.05, 3.63) is 0 Å². The van der Waals surface area contributed by atoms with Crippen LogP contribution in [0.2, 0.25) is 0 Å². The van der Waals surface area contributed by atoms with E-state index < -0.39 is 0 Å². The highest BCUT2D eigenvalue weighted by atomic mass is 32.2. The molecule has 1 N–H and O–H groups in total. The fraction of sp³-hybridized carbons (Fsp3) is 0.833. The SMILES string of the molecule is CCCNC(=S)SCC. The van der Waals surface area contributed by atoms with Gasteiger partial charge in [-0.1, -0.05) is 37.8 Å². The molecule has 54 valence electrons. The van der Waals surface area contributed by atoms with E-state index in [-0.39, 0.29) is 0 Å². The molecule has 0 amide bonds. The average Bonchev–Trinajstić information content (AvgIpc) is 1.85. The first-order chi connectivity index (χ1) is 4.31. The summed E-state index contributed by atoms with van der Waals surface area (Å²) < 4.78 is 0.930. The Hall–Kier alpha value is 0.240. The van der Waals surface area contributed by atoms with Crippen LogP contribution in [0.25, 0.3) is 0 Å². The van der Waals surface area contributed by atoms with Crippen molar-refractivity contribution in [3.63, 3.8) is 0 Å².